The van der Waals surface area contributed by atoms with Gasteiger partial charge in [-0.15, -0.1) is 0 Å². The summed E-state index contributed by atoms with van der Waals surface area (Å²) in [6, 6.07) is 17.2. The number of carbonyl (C=O) groups excluding carboxylic acids is 1. The fourth-order valence-electron chi connectivity index (χ4n) is 4.24. The van der Waals surface area contributed by atoms with Crippen molar-refractivity contribution in [1.29, 1.82) is 0 Å². The zero-order valence-electron chi connectivity index (χ0n) is 15.1. The number of hydrogen-bond acceptors (Lipinski definition) is 3. The van der Waals surface area contributed by atoms with Gasteiger partial charge in [-0.25, -0.2) is 0 Å². The van der Waals surface area contributed by atoms with Crippen molar-refractivity contribution < 1.29 is 19.4 Å². The number of piperidine rings is 1. The molecule has 1 saturated heterocycles. The van der Waals surface area contributed by atoms with E-state index in [9.17, 15) is 14.7 Å². The molecule has 0 spiro atoms. The summed E-state index contributed by atoms with van der Waals surface area (Å²) in [6.45, 7) is 1.30. The van der Waals surface area contributed by atoms with E-state index in [0.29, 0.717) is 39.0 Å². The Balaban J connectivity index is 1.46. The lowest BCUT2D eigenvalue weighted by atomic mass is 9.72. The predicted octanol–water partition coefficient (Wildman–Crippen LogP) is 2.88. The van der Waals surface area contributed by atoms with E-state index in [1.165, 1.54) is 0 Å². The van der Waals surface area contributed by atoms with E-state index in [4.69, 9.17) is 4.74 Å². The van der Waals surface area contributed by atoms with E-state index in [0.717, 1.165) is 16.9 Å². The predicted molar refractivity (Wildman–Crippen MR) is 101 cm³/mol. The Bertz CT molecular complexity index is 840. The van der Waals surface area contributed by atoms with Crippen molar-refractivity contribution in [1.82, 2.24) is 4.90 Å². The summed E-state index contributed by atoms with van der Waals surface area (Å²) in [5, 5.41) is 9.90. The maximum Gasteiger partial charge on any atom is 0.314 e. The first-order valence-electron chi connectivity index (χ1n) is 9.38. The maximum atomic E-state index is 13.0. The fourth-order valence-corrected chi connectivity index (χ4v) is 4.24. The number of hydrogen-bond donors (Lipinski definition) is 1. The molecule has 5 heteroatoms. The third kappa shape index (κ3) is 3.18. The van der Waals surface area contributed by atoms with Crippen LogP contribution in [0, 0.1) is 5.92 Å². The summed E-state index contributed by atoms with van der Waals surface area (Å²) in [7, 11) is 0. The Morgan fingerprint density at radius 1 is 1.00 bits per heavy atom. The summed E-state index contributed by atoms with van der Waals surface area (Å²) in [5.74, 6) is -0.0876. The second-order valence-corrected chi connectivity index (χ2v) is 7.40. The molecule has 0 bridgehead atoms. The van der Waals surface area contributed by atoms with Crippen LogP contribution in [-0.4, -0.2) is 41.6 Å². The lowest BCUT2D eigenvalue weighted by Crippen LogP contribution is -2.51. The highest BCUT2D eigenvalue weighted by Crippen LogP contribution is 2.37. The van der Waals surface area contributed by atoms with Gasteiger partial charge < -0.3 is 14.7 Å². The molecule has 2 aliphatic rings. The minimum Gasteiger partial charge on any atom is -0.492 e. The molecular weight excluding hydrogens is 342 g/mol. The first-order chi connectivity index (χ1) is 13.1. The largest absolute Gasteiger partial charge is 0.492 e. The quantitative estimate of drug-likeness (QED) is 0.908. The summed E-state index contributed by atoms with van der Waals surface area (Å²) in [4.78, 5) is 26.9. The van der Waals surface area contributed by atoms with Crippen molar-refractivity contribution in [3.63, 3.8) is 0 Å². The zero-order valence-corrected chi connectivity index (χ0v) is 15.1. The van der Waals surface area contributed by atoms with Crippen LogP contribution >= 0.6 is 0 Å². The number of aliphatic carboxylic acids is 1. The highest BCUT2D eigenvalue weighted by atomic mass is 16.5. The molecule has 1 fully saturated rings. The van der Waals surface area contributed by atoms with Gasteiger partial charge in [-0.05, 0) is 36.5 Å². The number of carboxylic acids is 1. The van der Waals surface area contributed by atoms with Gasteiger partial charge in [-0.1, -0.05) is 48.5 Å². The van der Waals surface area contributed by atoms with Crippen LogP contribution in [0.5, 0.6) is 5.75 Å². The first kappa shape index (κ1) is 17.6. The second-order valence-electron chi connectivity index (χ2n) is 7.40. The fraction of sp³-hybridized carbons (Fsp3) is 0.364. The highest BCUT2D eigenvalue weighted by Gasteiger charge is 2.44. The molecule has 2 aromatic carbocycles. The minimum absolute atomic E-state index is 0.0663. The number of carbonyl (C=O) groups is 2. The molecule has 1 atom stereocenters. The van der Waals surface area contributed by atoms with Crippen LogP contribution in [0.3, 0.4) is 0 Å². The van der Waals surface area contributed by atoms with E-state index in [1.807, 2.05) is 59.5 Å². The van der Waals surface area contributed by atoms with E-state index in [1.54, 1.807) is 0 Å². The molecule has 2 aromatic rings. The average molecular weight is 365 g/mol. The van der Waals surface area contributed by atoms with Crippen LogP contribution in [0.2, 0.25) is 0 Å². The van der Waals surface area contributed by atoms with Gasteiger partial charge in [0, 0.05) is 13.1 Å². The van der Waals surface area contributed by atoms with E-state index >= 15 is 0 Å². The molecule has 0 aromatic heterocycles. The number of rotatable bonds is 3. The molecule has 0 radical (unpaired) electrons. The molecule has 2 heterocycles. The van der Waals surface area contributed by atoms with Crippen molar-refractivity contribution >= 4 is 11.9 Å². The maximum absolute atomic E-state index is 13.0. The van der Waals surface area contributed by atoms with Crippen LogP contribution in [0.4, 0.5) is 0 Å². The molecule has 0 aliphatic carbocycles. The Morgan fingerprint density at radius 3 is 2.37 bits per heavy atom. The lowest BCUT2D eigenvalue weighted by molar-refractivity contribution is -0.149. The van der Waals surface area contributed by atoms with Crippen LogP contribution < -0.4 is 4.74 Å². The van der Waals surface area contributed by atoms with E-state index < -0.39 is 11.4 Å². The Morgan fingerprint density at radius 2 is 1.67 bits per heavy atom. The van der Waals surface area contributed by atoms with Gasteiger partial charge in [-0.3, -0.25) is 9.59 Å². The molecule has 5 nitrogen and oxygen atoms in total. The SMILES string of the molecule is O=C(C1COc2ccccc2C1)N1CCC(C(=O)O)(c2ccccc2)CC1. The third-order valence-corrected chi connectivity index (χ3v) is 5.89. The lowest BCUT2D eigenvalue weighted by Gasteiger charge is -2.40. The number of para-hydroxylation sites is 1. The normalized spacial score (nSPS) is 21.0. The molecule has 1 N–H and O–H groups in total. The minimum atomic E-state index is -0.909. The molecule has 4 rings (SSSR count). The molecular formula is C22H23NO4. The van der Waals surface area contributed by atoms with Gasteiger partial charge >= 0.3 is 5.97 Å². The van der Waals surface area contributed by atoms with Gasteiger partial charge in [-0.2, -0.15) is 0 Å². The van der Waals surface area contributed by atoms with Crippen LogP contribution in [0.1, 0.15) is 24.0 Å². The molecule has 0 saturated carbocycles. The summed E-state index contributed by atoms with van der Waals surface area (Å²) >= 11 is 0. The third-order valence-electron chi connectivity index (χ3n) is 5.89. The second kappa shape index (κ2) is 7.06. The number of likely N-dealkylation sites (tertiary alicyclic amines) is 1. The summed E-state index contributed by atoms with van der Waals surface area (Å²) in [5.41, 5.74) is 0.969. The summed E-state index contributed by atoms with van der Waals surface area (Å²) in [6.07, 6.45) is 1.54. The highest BCUT2D eigenvalue weighted by molar-refractivity contribution is 5.83. The van der Waals surface area contributed by atoms with Gasteiger partial charge in [0.25, 0.3) is 0 Å². The van der Waals surface area contributed by atoms with Gasteiger partial charge in [0.2, 0.25) is 5.91 Å². The van der Waals surface area contributed by atoms with Crippen molar-refractivity contribution in [2.75, 3.05) is 19.7 Å². The smallest absolute Gasteiger partial charge is 0.314 e. The molecule has 1 amide bonds. The Hall–Kier alpha value is -2.82. The number of fused-ring (bicyclic) bond motifs is 1. The Labute approximate surface area is 158 Å². The average Bonchev–Trinajstić information content (AvgIpc) is 2.73. The molecule has 2 aliphatic heterocycles. The molecule has 140 valence electrons. The number of benzene rings is 2. The first-order valence-corrected chi connectivity index (χ1v) is 9.38. The standard InChI is InChI=1S/C22H23NO4/c24-20(17-14-16-6-4-5-9-19(16)27-15-17)23-12-10-22(11-13-23,21(25)26)18-7-2-1-3-8-18/h1-9,17H,10-15H2,(H,25,26). The number of ether oxygens (including phenoxy) is 1. The van der Waals surface area contributed by atoms with Gasteiger partial charge in [0.15, 0.2) is 0 Å². The van der Waals surface area contributed by atoms with Crippen molar-refractivity contribution in [2.24, 2.45) is 5.92 Å². The van der Waals surface area contributed by atoms with Crippen LogP contribution in [0.15, 0.2) is 54.6 Å². The van der Waals surface area contributed by atoms with E-state index in [-0.39, 0.29) is 11.8 Å². The summed E-state index contributed by atoms with van der Waals surface area (Å²) < 4.78 is 5.75. The zero-order chi connectivity index (χ0) is 18.9. The van der Waals surface area contributed by atoms with Crippen LogP contribution in [0.25, 0.3) is 0 Å². The van der Waals surface area contributed by atoms with Gasteiger partial charge in [0.1, 0.15) is 12.4 Å². The van der Waals surface area contributed by atoms with Crippen LogP contribution in [-0.2, 0) is 21.4 Å². The van der Waals surface area contributed by atoms with Crippen molar-refractivity contribution in [2.45, 2.75) is 24.7 Å². The Kier molecular flexibility index (Phi) is 4.60. The number of nitrogens with zero attached hydrogens (tertiary/aromatic N) is 1. The van der Waals surface area contributed by atoms with Crippen molar-refractivity contribution in [3.8, 4) is 5.75 Å². The number of amides is 1. The number of carboxylic acid groups (broad SMARTS) is 1. The molecule has 27 heavy (non-hydrogen) atoms. The van der Waals surface area contributed by atoms with E-state index in [2.05, 4.69) is 0 Å². The monoisotopic (exact) mass is 365 g/mol. The topological polar surface area (TPSA) is 66.8 Å². The van der Waals surface area contributed by atoms with Crippen molar-refractivity contribution in [3.05, 3.63) is 65.7 Å². The molecule has 1 unspecified atom stereocenters. The van der Waals surface area contributed by atoms with Gasteiger partial charge in [0.05, 0.1) is 11.3 Å².